The highest BCUT2D eigenvalue weighted by Crippen LogP contribution is 2.13. The van der Waals surface area contributed by atoms with E-state index in [0.717, 1.165) is 13.1 Å². The minimum absolute atomic E-state index is 0.0504. The first-order chi connectivity index (χ1) is 9.01. The lowest BCUT2D eigenvalue weighted by Crippen LogP contribution is -2.44. The predicted molar refractivity (Wildman–Crippen MR) is 68.6 cm³/mol. The average molecular weight is 283 g/mol. The zero-order valence-corrected chi connectivity index (χ0v) is 11.6. The maximum Gasteiger partial charge on any atom is 0.259 e. The molecule has 2 rings (SSSR count). The zero-order chi connectivity index (χ0) is 13.9. The average Bonchev–Trinajstić information content (AvgIpc) is 2.79. The minimum Gasteiger partial charge on any atom is -0.339 e. The van der Waals surface area contributed by atoms with Gasteiger partial charge in [-0.1, -0.05) is 0 Å². The zero-order valence-electron chi connectivity index (χ0n) is 10.8. The van der Waals surface area contributed by atoms with Crippen LogP contribution in [-0.2, 0) is 17.1 Å². The number of likely N-dealkylation sites (tertiary alicyclic amines) is 1. The van der Waals surface area contributed by atoms with E-state index in [-0.39, 0.29) is 11.1 Å². The van der Waals surface area contributed by atoms with Crippen molar-refractivity contribution in [3.8, 4) is 6.07 Å². The van der Waals surface area contributed by atoms with Gasteiger partial charge >= 0.3 is 0 Å². The van der Waals surface area contributed by atoms with Crippen molar-refractivity contribution in [3.63, 3.8) is 0 Å². The van der Waals surface area contributed by atoms with E-state index in [2.05, 4.69) is 15.8 Å². The SMILES string of the molecule is Cn1cnc(S(=O)(=O)NC2CCN(CC#N)CC2)c1. The lowest BCUT2D eigenvalue weighted by atomic mass is 10.1. The van der Waals surface area contributed by atoms with Crippen molar-refractivity contribution in [3.05, 3.63) is 12.5 Å². The third-order valence-electron chi connectivity index (χ3n) is 3.16. The smallest absolute Gasteiger partial charge is 0.259 e. The van der Waals surface area contributed by atoms with Gasteiger partial charge in [0.15, 0.2) is 5.03 Å². The summed E-state index contributed by atoms with van der Waals surface area (Å²) < 4.78 is 28.4. The second-order valence-electron chi connectivity index (χ2n) is 4.71. The highest BCUT2D eigenvalue weighted by atomic mass is 32.2. The Morgan fingerprint density at radius 1 is 1.53 bits per heavy atom. The number of piperidine rings is 1. The first kappa shape index (κ1) is 14.0. The van der Waals surface area contributed by atoms with Crippen molar-refractivity contribution < 1.29 is 8.42 Å². The summed E-state index contributed by atoms with van der Waals surface area (Å²) in [4.78, 5) is 5.88. The van der Waals surface area contributed by atoms with Crippen LogP contribution in [0.1, 0.15) is 12.8 Å². The highest BCUT2D eigenvalue weighted by molar-refractivity contribution is 7.89. The summed E-state index contributed by atoms with van der Waals surface area (Å²) in [5, 5.41) is 8.66. The van der Waals surface area contributed by atoms with Crippen LogP contribution >= 0.6 is 0 Å². The van der Waals surface area contributed by atoms with Crippen molar-refractivity contribution in [1.82, 2.24) is 19.2 Å². The number of nitriles is 1. The normalized spacial score (nSPS) is 18.3. The number of sulfonamides is 1. The van der Waals surface area contributed by atoms with E-state index in [1.807, 2.05) is 4.90 Å². The van der Waals surface area contributed by atoms with Gasteiger partial charge in [0.1, 0.15) is 0 Å². The van der Waals surface area contributed by atoms with Crippen LogP contribution in [0.5, 0.6) is 0 Å². The third-order valence-corrected chi connectivity index (χ3v) is 4.57. The number of aromatic nitrogens is 2. The molecule has 7 nitrogen and oxygen atoms in total. The standard InChI is InChI=1S/C11H17N5O2S/c1-15-8-11(13-9-15)19(17,18)14-10-2-5-16(6-3-10)7-4-12/h8-10,14H,2-3,5-7H2,1H3. The van der Waals surface area contributed by atoms with E-state index in [1.54, 1.807) is 11.6 Å². The summed E-state index contributed by atoms with van der Waals surface area (Å²) >= 11 is 0. The molecule has 1 aromatic heterocycles. The predicted octanol–water partition coefficient (Wildman–Crippen LogP) is -0.314. The van der Waals surface area contributed by atoms with Crippen molar-refractivity contribution in [1.29, 1.82) is 5.26 Å². The molecule has 8 heteroatoms. The van der Waals surface area contributed by atoms with Gasteiger partial charge in [-0.3, -0.25) is 4.90 Å². The maximum atomic E-state index is 12.1. The van der Waals surface area contributed by atoms with Crippen molar-refractivity contribution in [2.75, 3.05) is 19.6 Å². The fourth-order valence-corrected chi connectivity index (χ4v) is 3.40. The monoisotopic (exact) mass is 283 g/mol. The second-order valence-corrected chi connectivity index (χ2v) is 6.37. The van der Waals surface area contributed by atoms with Gasteiger partial charge in [0, 0.05) is 32.4 Å². The molecule has 0 bridgehead atoms. The molecule has 1 saturated heterocycles. The molecule has 1 aliphatic rings. The van der Waals surface area contributed by atoms with Crippen LogP contribution in [0.15, 0.2) is 17.6 Å². The van der Waals surface area contributed by atoms with Gasteiger partial charge in [0.05, 0.1) is 18.9 Å². The number of hydrogen-bond acceptors (Lipinski definition) is 5. The van der Waals surface area contributed by atoms with E-state index in [1.165, 1.54) is 12.5 Å². The van der Waals surface area contributed by atoms with Crippen LogP contribution in [0.4, 0.5) is 0 Å². The first-order valence-electron chi connectivity index (χ1n) is 6.11. The molecular weight excluding hydrogens is 266 g/mol. The Balaban J connectivity index is 1.94. The Labute approximate surface area is 112 Å². The van der Waals surface area contributed by atoms with Crippen molar-refractivity contribution >= 4 is 10.0 Å². The summed E-state index contributed by atoms with van der Waals surface area (Å²) in [7, 11) is -1.81. The van der Waals surface area contributed by atoms with Gasteiger partial charge in [-0.15, -0.1) is 0 Å². The molecule has 0 aromatic carbocycles. The quantitative estimate of drug-likeness (QED) is 0.765. The first-order valence-corrected chi connectivity index (χ1v) is 7.59. The molecule has 19 heavy (non-hydrogen) atoms. The van der Waals surface area contributed by atoms with E-state index < -0.39 is 10.0 Å². The molecule has 104 valence electrons. The summed E-state index contributed by atoms with van der Waals surface area (Å²) in [5.41, 5.74) is 0. The van der Waals surface area contributed by atoms with Crippen LogP contribution in [0, 0.1) is 11.3 Å². The van der Waals surface area contributed by atoms with Crippen LogP contribution in [-0.4, -0.2) is 48.5 Å². The molecule has 1 fully saturated rings. The molecule has 0 atom stereocenters. The summed E-state index contributed by atoms with van der Waals surface area (Å²) in [6.07, 6.45) is 4.37. The molecule has 2 heterocycles. The molecule has 1 aromatic rings. The van der Waals surface area contributed by atoms with E-state index in [0.29, 0.717) is 19.4 Å². The molecule has 0 saturated carbocycles. The number of hydrogen-bond donors (Lipinski definition) is 1. The fraction of sp³-hybridized carbons (Fsp3) is 0.636. The Kier molecular flexibility index (Phi) is 4.19. The van der Waals surface area contributed by atoms with Gasteiger partial charge in [0.2, 0.25) is 0 Å². The molecule has 0 unspecified atom stereocenters. The van der Waals surface area contributed by atoms with Gasteiger partial charge in [-0.05, 0) is 12.8 Å². The van der Waals surface area contributed by atoms with E-state index in [4.69, 9.17) is 5.26 Å². The number of nitrogens with zero attached hydrogens (tertiary/aromatic N) is 4. The van der Waals surface area contributed by atoms with E-state index in [9.17, 15) is 8.42 Å². The Hall–Kier alpha value is -1.43. The lowest BCUT2D eigenvalue weighted by Gasteiger charge is -2.30. The number of imidazole rings is 1. The van der Waals surface area contributed by atoms with Crippen molar-refractivity contribution in [2.24, 2.45) is 7.05 Å². The summed E-state index contributed by atoms with van der Waals surface area (Å²) in [6.45, 7) is 1.88. The highest BCUT2D eigenvalue weighted by Gasteiger charge is 2.25. The van der Waals surface area contributed by atoms with Crippen LogP contribution in [0.2, 0.25) is 0 Å². The van der Waals surface area contributed by atoms with Gasteiger partial charge in [-0.2, -0.15) is 5.26 Å². The lowest BCUT2D eigenvalue weighted by molar-refractivity contribution is 0.229. The number of aryl methyl sites for hydroxylation is 1. The molecule has 0 aliphatic carbocycles. The van der Waals surface area contributed by atoms with Gasteiger partial charge < -0.3 is 4.57 Å². The summed E-state index contributed by atoms with van der Waals surface area (Å²) in [5.74, 6) is 0. The molecular formula is C11H17N5O2S. The Morgan fingerprint density at radius 3 is 2.74 bits per heavy atom. The minimum atomic E-state index is -3.53. The molecule has 0 spiro atoms. The second kappa shape index (κ2) is 5.69. The van der Waals surface area contributed by atoms with Gasteiger partial charge in [0.25, 0.3) is 10.0 Å². The van der Waals surface area contributed by atoms with Gasteiger partial charge in [-0.25, -0.2) is 18.1 Å². The number of nitrogens with one attached hydrogen (secondary N) is 1. The molecule has 0 amide bonds. The van der Waals surface area contributed by atoms with Crippen LogP contribution in [0.25, 0.3) is 0 Å². The van der Waals surface area contributed by atoms with E-state index >= 15 is 0 Å². The summed E-state index contributed by atoms with van der Waals surface area (Å²) in [6, 6.07) is 2.02. The molecule has 1 aliphatic heterocycles. The third kappa shape index (κ3) is 3.53. The fourth-order valence-electron chi connectivity index (χ4n) is 2.12. The Bertz CT molecular complexity index is 566. The van der Waals surface area contributed by atoms with Crippen LogP contribution in [0.3, 0.4) is 0 Å². The maximum absolute atomic E-state index is 12.1. The van der Waals surface area contributed by atoms with Crippen LogP contribution < -0.4 is 4.72 Å². The Morgan fingerprint density at radius 2 is 2.21 bits per heavy atom. The van der Waals surface area contributed by atoms with Crippen molar-refractivity contribution in [2.45, 2.75) is 23.9 Å². The molecule has 0 radical (unpaired) electrons. The molecule has 1 N–H and O–H groups in total. The largest absolute Gasteiger partial charge is 0.339 e. The number of rotatable bonds is 4. The topological polar surface area (TPSA) is 91.0 Å².